The molecule has 0 radical (unpaired) electrons. The first-order valence-corrected chi connectivity index (χ1v) is 7.85. The van der Waals surface area contributed by atoms with E-state index in [4.69, 9.17) is 9.15 Å². The Bertz CT molecular complexity index is 806. The molecule has 23 heavy (non-hydrogen) atoms. The highest BCUT2D eigenvalue weighted by Gasteiger charge is 2.21. The van der Waals surface area contributed by atoms with Crippen LogP contribution >= 0.6 is 0 Å². The summed E-state index contributed by atoms with van der Waals surface area (Å²) in [5, 5.41) is 10.8. The number of H-pyrrole nitrogens is 1. The SMILES string of the molecule is Cc1ccc(-c2[nH]ncc2CN[C@H]2CCOc3ccccc32)o1. The molecule has 3 heterocycles. The van der Waals surface area contributed by atoms with Crippen molar-refractivity contribution < 1.29 is 9.15 Å². The number of furan rings is 1. The molecule has 2 N–H and O–H groups in total. The summed E-state index contributed by atoms with van der Waals surface area (Å²) in [6, 6.07) is 12.4. The largest absolute Gasteiger partial charge is 0.493 e. The molecule has 3 aromatic rings. The van der Waals surface area contributed by atoms with Crippen LogP contribution in [0, 0.1) is 6.92 Å². The van der Waals surface area contributed by atoms with Gasteiger partial charge in [0, 0.05) is 30.1 Å². The predicted octanol–water partition coefficient (Wildman–Crippen LogP) is 3.59. The van der Waals surface area contributed by atoms with Gasteiger partial charge in [0.2, 0.25) is 0 Å². The third-order valence-corrected chi connectivity index (χ3v) is 4.20. The van der Waals surface area contributed by atoms with Gasteiger partial charge in [-0.15, -0.1) is 0 Å². The van der Waals surface area contributed by atoms with Gasteiger partial charge in [-0.25, -0.2) is 0 Å². The van der Waals surface area contributed by atoms with Crippen LogP contribution < -0.4 is 10.1 Å². The number of para-hydroxylation sites is 1. The van der Waals surface area contributed by atoms with Crippen molar-refractivity contribution in [2.24, 2.45) is 0 Å². The van der Waals surface area contributed by atoms with Gasteiger partial charge in [-0.2, -0.15) is 5.10 Å². The Morgan fingerprint density at radius 3 is 3.04 bits per heavy atom. The minimum Gasteiger partial charge on any atom is -0.493 e. The molecule has 0 spiro atoms. The number of hydrogen-bond donors (Lipinski definition) is 2. The summed E-state index contributed by atoms with van der Waals surface area (Å²) in [5.74, 6) is 2.70. The van der Waals surface area contributed by atoms with Crippen molar-refractivity contribution in [3.8, 4) is 17.2 Å². The maximum atomic E-state index is 5.71. The fourth-order valence-electron chi connectivity index (χ4n) is 3.01. The number of aromatic amines is 1. The molecule has 0 bridgehead atoms. The fourth-order valence-corrected chi connectivity index (χ4v) is 3.01. The summed E-state index contributed by atoms with van der Waals surface area (Å²) in [6.07, 6.45) is 2.81. The molecule has 0 saturated carbocycles. The summed E-state index contributed by atoms with van der Waals surface area (Å²) in [4.78, 5) is 0. The van der Waals surface area contributed by atoms with E-state index < -0.39 is 0 Å². The summed E-state index contributed by atoms with van der Waals surface area (Å²) < 4.78 is 11.4. The second-order valence-electron chi connectivity index (χ2n) is 5.79. The smallest absolute Gasteiger partial charge is 0.152 e. The Hall–Kier alpha value is -2.53. The Balaban J connectivity index is 1.52. The van der Waals surface area contributed by atoms with Gasteiger partial charge in [0.25, 0.3) is 0 Å². The van der Waals surface area contributed by atoms with E-state index in [9.17, 15) is 0 Å². The average Bonchev–Trinajstić information content (AvgIpc) is 3.21. The third kappa shape index (κ3) is 2.75. The van der Waals surface area contributed by atoms with Gasteiger partial charge in [0.05, 0.1) is 12.8 Å². The number of rotatable bonds is 4. The number of aromatic nitrogens is 2. The number of fused-ring (bicyclic) bond motifs is 1. The molecular formula is C18H19N3O2. The summed E-state index contributed by atoms with van der Waals surface area (Å²) >= 11 is 0. The molecule has 1 aliphatic heterocycles. The zero-order valence-electron chi connectivity index (χ0n) is 13.0. The number of nitrogens with one attached hydrogen (secondary N) is 2. The molecule has 0 aliphatic carbocycles. The maximum absolute atomic E-state index is 5.71. The minimum absolute atomic E-state index is 0.293. The molecular weight excluding hydrogens is 290 g/mol. The molecule has 0 fully saturated rings. The number of ether oxygens (including phenoxy) is 1. The Morgan fingerprint density at radius 2 is 2.17 bits per heavy atom. The van der Waals surface area contributed by atoms with Gasteiger partial charge < -0.3 is 14.5 Å². The summed E-state index contributed by atoms with van der Waals surface area (Å²) in [6.45, 7) is 3.41. The van der Waals surface area contributed by atoms with Crippen molar-refractivity contribution >= 4 is 0 Å². The van der Waals surface area contributed by atoms with Crippen molar-refractivity contribution in [2.45, 2.75) is 25.9 Å². The van der Waals surface area contributed by atoms with Crippen LogP contribution in [0.25, 0.3) is 11.5 Å². The van der Waals surface area contributed by atoms with E-state index >= 15 is 0 Å². The lowest BCUT2D eigenvalue weighted by atomic mass is 10.0. The highest BCUT2D eigenvalue weighted by molar-refractivity contribution is 5.56. The lowest BCUT2D eigenvalue weighted by Crippen LogP contribution is -2.26. The number of nitrogens with zero attached hydrogens (tertiary/aromatic N) is 1. The monoisotopic (exact) mass is 309 g/mol. The minimum atomic E-state index is 0.293. The van der Waals surface area contributed by atoms with Gasteiger partial charge in [0.1, 0.15) is 17.2 Å². The maximum Gasteiger partial charge on any atom is 0.152 e. The molecule has 0 amide bonds. The molecule has 118 valence electrons. The molecule has 1 aromatic carbocycles. The highest BCUT2D eigenvalue weighted by Crippen LogP contribution is 2.32. The quantitative estimate of drug-likeness (QED) is 0.773. The van der Waals surface area contributed by atoms with Crippen molar-refractivity contribution in [3.63, 3.8) is 0 Å². The second kappa shape index (κ2) is 5.93. The lowest BCUT2D eigenvalue weighted by Gasteiger charge is -2.26. The van der Waals surface area contributed by atoms with Gasteiger partial charge in [0.15, 0.2) is 5.76 Å². The summed E-state index contributed by atoms with van der Waals surface area (Å²) in [5.41, 5.74) is 3.26. The van der Waals surface area contributed by atoms with Crippen LogP contribution in [0.1, 0.15) is 29.3 Å². The molecule has 0 saturated heterocycles. The van der Waals surface area contributed by atoms with Crippen molar-refractivity contribution in [1.29, 1.82) is 0 Å². The molecule has 0 unspecified atom stereocenters. The van der Waals surface area contributed by atoms with E-state index in [2.05, 4.69) is 27.6 Å². The molecule has 4 rings (SSSR count). The second-order valence-corrected chi connectivity index (χ2v) is 5.79. The van der Waals surface area contributed by atoms with E-state index in [-0.39, 0.29) is 0 Å². The number of benzene rings is 1. The zero-order valence-corrected chi connectivity index (χ0v) is 13.0. The molecule has 5 heteroatoms. The Morgan fingerprint density at radius 1 is 1.26 bits per heavy atom. The topological polar surface area (TPSA) is 63.1 Å². The first kappa shape index (κ1) is 14.1. The number of aryl methyl sites for hydroxylation is 1. The Kier molecular flexibility index (Phi) is 3.63. The average molecular weight is 309 g/mol. The van der Waals surface area contributed by atoms with Gasteiger partial charge in [-0.05, 0) is 25.1 Å². The van der Waals surface area contributed by atoms with E-state index in [0.29, 0.717) is 6.04 Å². The standard InChI is InChI=1S/C18H19N3O2/c1-12-6-7-17(23-12)18-13(11-20-21-18)10-19-15-8-9-22-16-5-3-2-4-14(15)16/h2-7,11,15,19H,8-10H2,1H3,(H,20,21)/t15-/m0/s1. The van der Waals surface area contributed by atoms with E-state index in [1.165, 1.54) is 5.56 Å². The van der Waals surface area contributed by atoms with Crippen LogP contribution in [0.4, 0.5) is 0 Å². The van der Waals surface area contributed by atoms with Crippen LogP contribution in [-0.2, 0) is 6.54 Å². The normalized spacial score (nSPS) is 16.8. The molecule has 1 aliphatic rings. The predicted molar refractivity (Wildman–Crippen MR) is 87.2 cm³/mol. The van der Waals surface area contributed by atoms with Crippen LogP contribution in [-0.4, -0.2) is 16.8 Å². The van der Waals surface area contributed by atoms with Crippen LogP contribution in [0.3, 0.4) is 0 Å². The highest BCUT2D eigenvalue weighted by atomic mass is 16.5. The van der Waals surface area contributed by atoms with Gasteiger partial charge in [-0.3, -0.25) is 5.10 Å². The van der Waals surface area contributed by atoms with Crippen molar-refractivity contribution in [2.75, 3.05) is 6.61 Å². The van der Waals surface area contributed by atoms with Gasteiger partial charge >= 0.3 is 0 Å². The van der Waals surface area contributed by atoms with E-state index in [1.54, 1.807) is 0 Å². The summed E-state index contributed by atoms with van der Waals surface area (Å²) in [7, 11) is 0. The van der Waals surface area contributed by atoms with Crippen LogP contribution in [0.2, 0.25) is 0 Å². The van der Waals surface area contributed by atoms with Crippen molar-refractivity contribution in [3.05, 3.63) is 59.5 Å². The molecule has 5 nitrogen and oxygen atoms in total. The lowest BCUT2D eigenvalue weighted by molar-refractivity contribution is 0.252. The molecule has 2 aromatic heterocycles. The van der Waals surface area contributed by atoms with E-state index in [1.807, 2.05) is 37.4 Å². The third-order valence-electron chi connectivity index (χ3n) is 4.20. The van der Waals surface area contributed by atoms with Crippen LogP contribution in [0.5, 0.6) is 5.75 Å². The first-order chi connectivity index (χ1) is 11.3. The van der Waals surface area contributed by atoms with Gasteiger partial charge in [-0.1, -0.05) is 18.2 Å². The molecule has 1 atom stereocenters. The van der Waals surface area contributed by atoms with Crippen LogP contribution in [0.15, 0.2) is 47.0 Å². The van der Waals surface area contributed by atoms with Crippen molar-refractivity contribution in [1.82, 2.24) is 15.5 Å². The Labute approximate surface area is 134 Å². The number of hydrogen-bond acceptors (Lipinski definition) is 4. The first-order valence-electron chi connectivity index (χ1n) is 7.85. The fraction of sp³-hybridized carbons (Fsp3) is 0.278. The zero-order chi connectivity index (χ0) is 15.6. The van der Waals surface area contributed by atoms with E-state index in [0.717, 1.165) is 48.1 Å².